The standard InChI is InChI=1S/C18H21ClO2/c1-12(20)13-9-10-17(15(19)11-13)21-16-8-6-5-7-14(16)18(2,3)4/h5-12,20H,1-4H3/t12-/m1/s1. The quantitative estimate of drug-likeness (QED) is 0.813. The molecule has 1 atom stereocenters. The van der Waals surface area contributed by atoms with Crippen molar-refractivity contribution in [2.75, 3.05) is 0 Å². The number of halogens is 1. The Morgan fingerprint density at radius 3 is 2.29 bits per heavy atom. The molecule has 2 aromatic carbocycles. The molecule has 0 amide bonds. The van der Waals surface area contributed by atoms with Gasteiger partial charge in [0.25, 0.3) is 0 Å². The first kappa shape index (κ1) is 15.9. The molecule has 0 aliphatic rings. The number of para-hydroxylation sites is 1. The third kappa shape index (κ3) is 3.78. The Balaban J connectivity index is 2.35. The molecule has 0 aromatic heterocycles. The summed E-state index contributed by atoms with van der Waals surface area (Å²) in [6, 6.07) is 13.3. The molecule has 0 saturated heterocycles. The van der Waals surface area contributed by atoms with E-state index in [4.69, 9.17) is 16.3 Å². The van der Waals surface area contributed by atoms with Crippen LogP contribution in [0.25, 0.3) is 0 Å². The van der Waals surface area contributed by atoms with Crippen LogP contribution in [-0.4, -0.2) is 5.11 Å². The van der Waals surface area contributed by atoms with E-state index < -0.39 is 6.10 Å². The lowest BCUT2D eigenvalue weighted by Crippen LogP contribution is -2.12. The first-order valence-corrected chi connectivity index (χ1v) is 7.41. The van der Waals surface area contributed by atoms with Crippen molar-refractivity contribution in [1.82, 2.24) is 0 Å². The smallest absolute Gasteiger partial charge is 0.146 e. The van der Waals surface area contributed by atoms with Gasteiger partial charge in [-0.2, -0.15) is 0 Å². The van der Waals surface area contributed by atoms with Crippen LogP contribution in [0.1, 0.15) is 44.9 Å². The molecular weight excluding hydrogens is 284 g/mol. The van der Waals surface area contributed by atoms with Gasteiger partial charge in [0.15, 0.2) is 0 Å². The van der Waals surface area contributed by atoms with Crippen molar-refractivity contribution < 1.29 is 9.84 Å². The molecule has 0 saturated carbocycles. The van der Waals surface area contributed by atoms with Crippen molar-refractivity contribution in [1.29, 1.82) is 0 Å². The zero-order valence-electron chi connectivity index (χ0n) is 12.9. The summed E-state index contributed by atoms with van der Waals surface area (Å²) < 4.78 is 5.99. The van der Waals surface area contributed by atoms with Crippen LogP contribution in [0.3, 0.4) is 0 Å². The Labute approximate surface area is 131 Å². The highest BCUT2D eigenvalue weighted by Crippen LogP contribution is 2.37. The van der Waals surface area contributed by atoms with Gasteiger partial charge in [-0.05, 0) is 36.1 Å². The molecule has 112 valence electrons. The molecule has 0 aliphatic heterocycles. The van der Waals surface area contributed by atoms with Crippen molar-refractivity contribution in [3.8, 4) is 11.5 Å². The zero-order chi connectivity index (χ0) is 15.6. The molecule has 3 heteroatoms. The fourth-order valence-corrected chi connectivity index (χ4v) is 2.38. The predicted octanol–water partition coefficient (Wildman–Crippen LogP) is 5.48. The van der Waals surface area contributed by atoms with E-state index in [0.717, 1.165) is 16.9 Å². The van der Waals surface area contributed by atoms with E-state index in [1.54, 1.807) is 19.1 Å². The largest absolute Gasteiger partial charge is 0.455 e. The van der Waals surface area contributed by atoms with E-state index in [-0.39, 0.29) is 5.41 Å². The lowest BCUT2D eigenvalue weighted by atomic mass is 9.86. The van der Waals surface area contributed by atoms with Crippen molar-refractivity contribution in [2.45, 2.75) is 39.2 Å². The van der Waals surface area contributed by atoms with Gasteiger partial charge in [0, 0.05) is 5.56 Å². The molecule has 2 rings (SSSR count). The number of hydrogen-bond donors (Lipinski definition) is 1. The minimum absolute atomic E-state index is 0.0113. The number of rotatable bonds is 3. The van der Waals surface area contributed by atoms with Crippen molar-refractivity contribution >= 4 is 11.6 Å². The molecule has 0 spiro atoms. The fourth-order valence-electron chi connectivity index (χ4n) is 2.15. The summed E-state index contributed by atoms with van der Waals surface area (Å²) in [5, 5.41) is 10.1. The monoisotopic (exact) mass is 304 g/mol. The molecule has 0 heterocycles. The Hall–Kier alpha value is -1.51. The molecule has 0 radical (unpaired) electrons. The molecular formula is C18H21ClO2. The average Bonchev–Trinajstić information content (AvgIpc) is 2.40. The molecule has 2 aromatic rings. The molecule has 0 unspecified atom stereocenters. The summed E-state index contributed by atoms with van der Waals surface area (Å²) in [6.07, 6.45) is -0.543. The number of benzene rings is 2. The second kappa shape index (κ2) is 6.08. The van der Waals surface area contributed by atoms with Crippen LogP contribution in [0.4, 0.5) is 0 Å². The fraction of sp³-hybridized carbons (Fsp3) is 0.333. The Bertz CT molecular complexity index is 627. The summed E-state index contributed by atoms with van der Waals surface area (Å²) in [6.45, 7) is 8.15. The van der Waals surface area contributed by atoms with Crippen molar-refractivity contribution in [2.24, 2.45) is 0 Å². The van der Waals surface area contributed by atoms with Crippen LogP contribution >= 0.6 is 11.6 Å². The predicted molar refractivity (Wildman–Crippen MR) is 87.3 cm³/mol. The minimum Gasteiger partial charge on any atom is -0.455 e. The van der Waals surface area contributed by atoms with Crippen molar-refractivity contribution in [3.05, 3.63) is 58.6 Å². The van der Waals surface area contributed by atoms with Gasteiger partial charge in [0.05, 0.1) is 11.1 Å². The minimum atomic E-state index is -0.543. The molecule has 1 N–H and O–H groups in total. The number of ether oxygens (including phenoxy) is 1. The maximum Gasteiger partial charge on any atom is 0.146 e. The number of aliphatic hydroxyl groups is 1. The van der Waals surface area contributed by atoms with Crippen LogP contribution < -0.4 is 4.74 Å². The third-order valence-electron chi connectivity index (χ3n) is 3.35. The number of aliphatic hydroxyl groups excluding tert-OH is 1. The topological polar surface area (TPSA) is 29.5 Å². The maximum absolute atomic E-state index is 9.58. The Morgan fingerprint density at radius 2 is 1.71 bits per heavy atom. The zero-order valence-corrected chi connectivity index (χ0v) is 13.6. The summed E-state index contributed by atoms with van der Waals surface area (Å²) in [5.74, 6) is 1.40. The van der Waals surface area contributed by atoms with Gasteiger partial charge in [0.2, 0.25) is 0 Å². The molecule has 2 nitrogen and oxygen atoms in total. The van der Waals surface area contributed by atoms with Gasteiger partial charge < -0.3 is 9.84 Å². The first-order valence-electron chi connectivity index (χ1n) is 7.04. The van der Waals surface area contributed by atoms with E-state index in [1.165, 1.54) is 0 Å². The van der Waals surface area contributed by atoms with Crippen LogP contribution in [0, 0.1) is 0 Å². The first-order chi connectivity index (χ1) is 9.79. The molecule has 21 heavy (non-hydrogen) atoms. The van der Waals surface area contributed by atoms with Crippen LogP contribution in [-0.2, 0) is 5.41 Å². The third-order valence-corrected chi connectivity index (χ3v) is 3.65. The summed E-state index contributed by atoms with van der Waals surface area (Å²) in [4.78, 5) is 0. The Kier molecular flexibility index (Phi) is 4.60. The molecule has 0 bridgehead atoms. The highest BCUT2D eigenvalue weighted by molar-refractivity contribution is 6.32. The maximum atomic E-state index is 9.58. The van der Waals surface area contributed by atoms with Crippen LogP contribution in [0.2, 0.25) is 5.02 Å². The van der Waals surface area contributed by atoms with Gasteiger partial charge in [-0.1, -0.05) is 56.6 Å². The van der Waals surface area contributed by atoms with Gasteiger partial charge in [-0.15, -0.1) is 0 Å². The summed E-state index contributed by atoms with van der Waals surface area (Å²) in [5.41, 5.74) is 1.89. The molecule has 0 aliphatic carbocycles. The van der Waals surface area contributed by atoms with Gasteiger partial charge in [0.1, 0.15) is 11.5 Å². The SMILES string of the molecule is C[C@@H](O)c1ccc(Oc2ccccc2C(C)(C)C)c(Cl)c1. The van der Waals surface area contributed by atoms with E-state index in [1.807, 2.05) is 24.3 Å². The van der Waals surface area contributed by atoms with Gasteiger partial charge >= 0.3 is 0 Å². The second-order valence-electron chi connectivity index (χ2n) is 6.21. The van der Waals surface area contributed by atoms with Gasteiger partial charge in [-0.25, -0.2) is 0 Å². The summed E-state index contributed by atoms with van der Waals surface area (Å²) >= 11 is 6.25. The Morgan fingerprint density at radius 1 is 1.05 bits per heavy atom. The normalized spacial score (nSPS) is 13.0. The summed E-state index contributed by atoms with van der Waals surface area (Å²) in [7, 11) is 0. The van der Waals surface area contributed by atoms with E-state index in [2.05, 4.69) is 26.8 Å². The van der Waals surface area contributed by atoms with Crippen LogP contribution in [0.5, 0.6) is 11.5 Å². The van der Waals surface area contributed by atoms with E-state index in [0.29, 0.717) is 10.8 Å². The molecule has 0 fully saturated rings. The number of hydrogen-bond acceptors (Lipinski definition) is 2. The van der Waals surface area contributed by atoms with E-state index >= 15 is 0 Å². The van der Waals surface area contributed by atoms with Crippen molar-refractivity contribution in [3.63, 3.8) is 0 Å². The highest BCUT2D eigenvalue weighted by Gasteiger charge is 2.19. The van der Waals surface area contributed by atoms with E-state index in [9.17, 15) is 5.11 Å². The van der Waals surface area contributed by atoms with Crippen LogP contribution in [0.15, 0.2) is 42.5 Å². The second-order valence-corrected chi connectivity index (χ2v) is 6.62. The average molecular weight is 305 g/mol. The van der Waals surface area contributed by atoms with Gasteiger partial charge in [-0.3, -0.25) is 0 Å². The highest BCUT2D eigenvalue weighted by atomic mass is 35.5. The lowest BCUT2D eigenvalue weighted by Gasteiger charge is -2.23. The lowest BCUT2D eigenvalue weighted by molar-refractivity contribution is 0.199.